The van der Waals surface area contributed by atoms with Crippen LogP contribution in [0.5, 0.6) is 5.75 Å². The lowest BCUT2D eigenvalue weighted by Gasteiger charge is -2.22. The summed E-state index contributed by atoms with van der Waals surface area (Å²) < 4.78 is 6.75. The number of aromatic amines is 1. The summed E-state index contributed by atoms with van der Waals surface area (Å²) in [6.45, 7) is 3.26. The number of ether oxygens (including phenoxy) is 1. The summed E-state index contributed by atoms with van der Waals surface area (Å²) >= 11 is 0. The highest BCUT2D eigenvalue weighted by atomic mass is 16.5. The molecule has 4 rings (SSSR count). The molecule has 1 aliphatic rings. The predicted molar refractivity (Wildman–Crippen MR) is 100 cm³/mol. The van der Waals surface area contributed by atoms with Gasteiger partial charge in [-0.15, -0.1) is 0 Å². The molecule has 27 heavy (non-hydrogen) atoms. The zero-order valence-electron chi connectivity index (χ0n) is 15.5. The molecule has 3 aromatic rings. The third kappa shape index (κ3) is 2.87. The fourth-order valence-electron chi connectivity index (χ4n) is 3.75. The standard InChI is InChI=1S/C19H21N5O3/c1-11-9-24(7-6-12-4-5-13(27-3)8-14(11)12)19(26)16-15-17(23(2)22-16)18(25)21-10-20-15/h4-5,8,10-11H,6-7,9H2,1-3H3,(H,20,21,25). The maximum Gasteiger partial charge on any atom is 0.276 e. The molecule has 8 nitrogen and oxygen atoms in total. The van der Waals surface area contributed by atoms with Gasteiger partial charge < -0.3 is 14.6 Å². The van der Waals surface area contributed by atoms with Gasteiger partial charge in [-0.05, 0) is 35.6 Å². The normalized spacial score (nSPS) is 16.9. The third-order valence-corrected chi connectivity index (χ3v) is 5.15. The van der Waals surface area contributed by atoms with Crippen molar-refractivity contribution in [3.05, 3.63) is 51.7 Å². The maximum atomic E-state index is 13.2. The molecule has 8 heteroatoms. The maximum absolute atomic E-state index is 13.2. The van der Waals surface area contributed by atoms with Crippen LogP contribution in [0.4, 0.5) is 0 Å². The van der Waals surface area contributed by atoms with Crippen molar-refractivity contribution in [2.75, 3.05) is 20.2 Å². The summed E-state index contributed by atoms with van der Waals surface area (Å²) in [7, 11) is 3.29. The van der Waals surface area contributed by atoms with Crippen LogP contribution in [-0.4, -0.2) is 50.8 Å². The molecular formula is C19H21N5O3. The molecular weight excluding hydrogens is 346 g/mol. The average Bonchev–Trinajstić information content (AvgIpc) is 2.92. The molecule has 0 saturated carbocycles. The van der Waals surface area contributed by atoms with E-state index in [1.54, 1.807) is 19.1 Å². The second-order valence-electron chi connectivity index (χ2n) is 6.87. The zero-order chi connectivity index (χ0) is 19.1. The summed E-state index contributed by atoms with van der Waals surface area (Å²) in [5.74, 6) is 0.776. The van der Waals surface area contributed by atoms with E-state index >= 15 is 0 Å². The molecule has 0 aliphatic carbocycles. The van der Waals surface area contributed by atoms with E-state index in [1.807, 2.05) is 12.1 Å². The van der Waals surface area contributed by atoms with Crippen molar-refractivity contribution in [3.63, 3.8) is 0 Å². The van der Waals surface area contributed by atoms with Gasteiger partial charge in [0, 0.05) is 20.1 Å². The van der Waals surface area contributed by atoms with Crippen LogP contribution in [0.2, 0.25) is 0 Å². The first-order valence-corrected chi connectivity index (χ1v) is 8.86. The minimum atomic E-state index is -0.308. The van der Waals surface area contributed by atoms with Crippen LogP contribution in [-0.2, 0) is 13.5 Å². The number of benzene rings is 1. The molecule has 140 valence electrons. The highest BCUT2D eigenvalue weighted by molar-refractivity contribution is 6.03. The van der Waals surface area contributed by atoms with Gasteiger partial charge in [0.05, 0.1) is 13.4 Å². The fraction of sp³-hybridized carbons (Fsp3) is 0.368. The fourth-order valence-corrected chi connectivity index (χ4v) is 3.75. The van der Waals surface area contributed by atoms with Gasteiger partial charge in [0.25, 0.3) is 11.5 Å². The van der Waals surface area contributed by atoms with E-state index in [-0.39, 0.29) is 23.1 Å². The van der Waals surface area contributed by atoms with Gasteiger partial charge in [-0.3, -0.25) is 14.3 Å². The smallest absolute Gasteiger partial charge is 0.276 e. The first kappa shape index (κ1) is 17.3. The predicted octanol–water partition coefficient (Wildman–Crippen LogP) is 1.47. The van der Waals surface area contributed by atoms with Crippen LogP contribution < -0.4 is 10.3 Å². The van der Waals surface area contributed by atoms with Gasteiger partial charge in [-0.25, -0.2) is 4.98 Å². The Labute approximate surface area is 155 Å². The van der Waals surface area contributed by atoms with Crippen molar-refractivity contribution in [3.8, 4) is 5.75 Å². The van der Waals surface area contributed by atoms with Crippen LogP contribution in [0.3, 0.4) is 0 Å². The number of carbonyl (C=O) groups excluding carboxylic acids is 1. The van der Waals surface area contributed by atoms with Crippen LogP contribution in [0, 0.1) is 0 Å². The summed E-state index contributed by atoms with van der Waals surface area (Å²) in [6.07, 6.45) is 2.06. The first-order chi connectivity index (χ1) is 13.0. The van der Waals surface area contributed by atoms with E-state index in [0.29, 0.717) is 24.1 Å². The lowest BCUT2D eigenvalue weighted by atomic mass is 9.95. The van der Waals surface area contributed by atoms with E-state index in [2.05, 4.69) is 28.1 Å². The quantitative estimate of drug-likeness (QED) is 0.740. The van der Waals surface area contributed by atoms with Crippen molar-refractivity contribution in [1.29, 1.82) is 0 Å². The number of amides is 1. The number of H-pyrrole nitrogens is 1. The van der Waals surface area contributed by atoms with Crippen LogP contribution in [0.1, 0.15) is 34.5 Å². The molecule has 1 aromatic carbocycles. The summed E-state index contributed by atoms with van der Waals surface area (Å²) in [4.78, 5) is 33.7. The molecule has 1 atom stereocenters. The minimum Gasteiger partial charge on any atom is -0.497 e. The Morgan fingerprint density at radius 1 is 1.37 bits per heavy atom. The highest BCUT2D eigenvalue weighted by Gasteiger charge is 2.28. The highest BCUT2D eigenvalue weighted by Crippen LogP contribution is 2.29. The Morgan fingerprint density at radius 2 is 2.19 bits per heavy atom. The number of nitrogens with one attached hydrogen (secondary N) is 1. The van der Waals surface area contributed by atoms with Gasteiger partial charge in [0.15, 0.2) is 11.2 Å². The Kier molecular flexibility index (Phi) is 4.18. The number of hydrogen-bond acceptors (Lipinski definition) is 5. The Hall–Kier alpha value is -3.16. The molecule has 0 spiro atoms. The number of rotatable bonds is 2. The van der Waals surface area contributed by atoms with Gasteiger partial charge in [0.1, 0.15) is 11.3 Å². The van der Waals surface area contributed by atoms with E-state index in [1.165, 1.54) is 22.1 Å². The first-order valence-electron chi connectivity index (χ1n) is 8.86. The summed E-state index contributed by atoms with van der Waals surface area (Å²) in [5, 5.41) is 4.28. The molecule has 0 radical (unpaired) electrons. The molecule has 0 fully saturated rings. The Bertz CT molecular complexity index is 1080. The second kappa shape index (κ2) is 6.53. The van der Waals surface area contributed by atoms with Crippen LogP contribution >= 0.6 is 0 Å². The summed E-state index contributed by atoms with van der Waals surface area (Å²) in [6, 6.07) is 6.06. The van der Waals surface area contributed by atoms with Gasteiger partial charge in [0.2, 0.25) is 0 Å². The van der Waals surface area contributed by atoms with Crippen LogP contribution in [0.25, 0.3) is 11.0 Å². The Balaban J connectivity index is 1.68. The monoisotopic (exact) mass is 367 g/mol. The van der Waals surface area contributed by atoms with Crippen molar-refractivity contribution < 1.29 is 9.53 Å². The van der Waals surface area contributed by atoms with Gasteiger partial charge in [-0.2, -0.15) is 5.10 Å². The topological polar surface area (TPSA) is 93.1 Å². The molecule has 0 saturated heterocycles. The van der Waals surface area contributed by atoms with E-state index in [0.717, 1.165) is 12.2 Å². The number of methoxy groups -OCH3 is 1. The van der Waals surface area contributed by atoms with Crippen molar-refractivity contribution >= 4 is 16.9 Å². The number of aryl methyl sites for hydroxylation is 1. The van der Waals surface area contributed by atoms with E-state index in [9.17, 15) is 9.59 Å². The number of aromatic nitrogens is 4. The largest absolute Gasteiger partial charge is 0.497 e. The zero-order valence-corrected chi connectivity index (χ0v) is 15.5. The lowest BCUT2D eigenvalue weighted by molar-refractivity contribution is 0.0749. The molecule has 1 amide bonds. The van der Waals surface area contributed by atoms with E-state index in [4.69, 9.17) is 4.74 Å². The van der Waals surface area contributed by atoms with Gasteiger partial charge in [-0.1, -0.05) is 13.0 Å². The number of hydrogen-bond donors (Lipinski definition) is 1. The number of carbonyl (C=O) groups is 1. The van der Waals surface area contributed by atoms with Crippen LogP contribution in [0.15, 0.2) is 29.3 Å². The Morgan fingerprint density at radius 3 is 2.96 bits per heavy atom. The molecule has 0 bridgehead atoms. The van der Waals surface area contributed by atoms with Crippen molar-refractivity contribution in [2.45, 2.75) is 19.3 Å². The van der Waals surface area contributed by atoms with E-state index < -0.39 is 0 Å². The molecule has 1 aliphatic heterocycles. The van der Waals surface area contributed by atoms with Gasteiger partial charge >= 0.3 is 0 Å². The lowest BCUT2D eigenvalue weighted by Crippen LogP contribution is -2.34. The average molecular weight is 367 g/mol. The number of nitrogens with zero attached hydrogens (tertiary/aromatic N) is 4. The SMILES string of the molecule is COc1ccc2c(c1)C(C)CN(C(=O)c1nn(C)c3c(=O)[nH]cnc13)CC2. The summed E-state index contributed by atoms with van der Waals surface area (Å²) in [5.41, 5.74) is 2.97. The molecule has 1 unspecified atom stereocenters. The van der Waals surface area contributed by atoms with Crippen molar-refractivity contribution in [1.82, 2.24) is 24.6 Å². The minimum absolute atomic E-state index is 0.160. The number of fused-ring (bicyclic) bond motifs is 2. The molecule has 2 aromatic heterocycles. The molecule has 1 N–H and O–H groups in total. The molecule has 3 heterocycles. The second-order valence-corrected chi connectivity index (χ2v) is 6.87. The third-order valence-electron chi connectivity index (χ3n) is 5.15. The van der Waals surface area contributed by atoms with Crippen molar-refractivity contribution in [2.24, 2.45) is 7.05 Å².